The van der Waals surface area contributed by atoms with Crippen LogP contribution in [-0.4, -0.2) is 183 Å². The summed E-state index contributed by atoms with van der Waals surface area (Å²) in [5.74, 6) is -5.52. The number of carbonyl (C=O) groups is 8. The van der Waals surface area contributed by atoms with Crippen molar-refractivity contribution in [1.29, 1.82) is 0 Å². The molecule has 0 saturated carbocycles. The molecule has 12 N–H and O–H groups in total. The lowest BCUT2D eigenvalue weighted by Gasteiger charge is -2.33. The smallest absolute Gasteiger partial charge is 0.308 e. The average molecular weight is 1270 g/mol. The number of ether oxygens (including phenoxy) is 4. The quantitative estimate of drug-likeness (QED) is 0.0801. The average Bonchev–Trinajstić information content (AvgIpc) is 3.13. The number of hydrogen-bond donors (Lipinski definition) is 11. The lowest BCUT2D eigenvalue weighted by molar-refractivity contribution is -0.156. The van der Waals surface area contributed by atoms with Crippen LogP contribution in [0.5, 0.6) is 11.5 Å². The number of esters is 1. The molecule has 2 aromatic rings. The number of hydrogen-bond acceptors (Lipinski definition) is 19. The van der Waals surface area contributed by atoms with Gasteiger partial charge in [0, 0.05) is 44.0 Å². The molecule has 7 amide bonds. The minimum atomic E-state index is -1.75. The van der Waals surface area contributed by atoms with E-state index in [0.717, 1.165) is 21.6 Å². The van der Waals surface area contributed by atoms with Crippen LogP contribution in [0.4, 0.5) is 0 Å². The summed E-state index contributed by atoms with van der Waals surface area (Å²) in [5, 5.41) is 44.9. The van der Waals surface area contributed by atoms with Crippen LogP contribution in [0.25, 0.3) is 0 Å². The highest BCUT2D eigenvalue weighted by atomic mass is 33.1. The first-order valence-corrected chi connectivity index (χ1v) is 32.6. The van der Waals surface area contributed by atoms with Gasteiger partial charge in [-0.2, -0.15) is 0 Å². The maximum absolute atomic E-state index is 15.1. The Morgan fingerprint density at radius 3 is 1.69 bits per heavy atom. The minimum Gasteiger partial charge on any atom is -0.488 e. The molecule has 2 saturated heterocycles. The summed E-state index contributed by atoms with van der Waals surface area (Å²) in [6, 6.07) is 3.42. The number of likely N-dealkylation sites (N-methyl/N-ethyl adjacent to an activating group) is 1. The van der Waals surface area contributed by atoms with E-state index in [1.165, 1.54) is 7.05 Å². The van der Waals surface area contributed by atoms with Gasteiger partial charge in [-0.25, -0.2) is 0 Å². The zero-order valence-electron chi connectivity index (χ0n) is 54.3. The summed E-state index contributed by atoms with van der Waals surface area (Å²) in [6.07, 6.45) is -3.50. The SMILES string of the molecule is CNC(=O)[C@@H]1CSSC[C@H](NC(=O)[C@@H]2CCCN2[C@H](O)[C@@H](N)CC(C)C)C(=O)N[C@@H](CC(=O)OC(C)(C)C)C(=O)N[C@@H](Cc2ccc(OC(C)(C)C)cc2)C(=O)N[C@@H](Cc2ccc(OC(C)(C)C)cc2)C(=O)NC[C@@H](O)N[C@@H](C(C)OC(C)(C)C)C(=O)N1. The summed E-state index contributed by atoms with van der Waals surface area (Å²) in [4.78, 5) is 117. The molecule has 2 aromatic carbocycles. The van der Waals surface area contributed by atoms with Gasteiger partial charge in [-0.15, -0.1) is 0 Å². The molecular formula is C62H100N10O14S2. The minimum absolute atomic E-state index is 0.0965. The predicted molar refractivity (Wildman–Crippen MR) is 340 cm³/mol. The van der Waals surface area contributed by atoms with Crippen LogP contribution in [0.1, 0.15) is 141 Å². The second-order valence-electron chi connectivity index (χ2n) is 26.8. The van der Waals surface area contributed by atoms with E-state index in [-0.39, 0.29) is 30.3 Å². The zero-order chi connectivity index (χ0) is 66.1. The lowest BCUT2D eigenvalue weighted by Crippen LogP contribution is -2.61. The van der Waals surface area contributed by atoms with Crippen LogP contribution in [0.3, 0.4) is 0 Å². The number of likely N-dealkylation sites (tertiary alicyclic amines) is 1. The van der Waals surface area contributed by atoms with Gasteiger partial charge in [-0.1, -0.05) is 59.7 Å². The van der Waals surface area contributed by atoms with Crippen molar-refractivity contribution in [2.24, 2.45) is 11.7 Å². The topological polar surface area (TPSA) is 339 Å². The first-order valence-electron chi connectivity index (χ1n) is 30.1. The number of benzene rings is 2. The molecule has 2 fully saturated rings. The van der Waals surface area contributed by atoms with Crippen molar-refractivity contribution in [2.45, 2.75) is 232 Å². The van der Waals surface area contributed by atoms with Gasteiger partial charge in [-0.3, -0.25) is 48.6 Å². The van der Waals surface area contributed by atoms with E-state index in [2.05, 4.69) is 42.5 Å². The highest BCUT2D eigenvalue weighted by Gasteiger charge is 2.41. The Labute approximate surface area is 527 Å². The molecular weight excluding hydrogens is 1170 g/mol. The lowest BCUT2D eigenvalue weighted by atomic mass is 10.0. The highest BCUT2D eigenvalue weighted by molar-refractivity contribution is 8.76. The Morgan fingerprint density at radius 1 is 0.682 bits per heavy atom. The molecule has 1 unspecified atom stereocenters. The number of rotatable bonds is 17. The third-order valence-electron chi connectivity index (χ3n) is 13.5. The fraction of sp³-hybridized carbons (Fsp3) is 0.677. The van der Waals surface area contributed by atoms with E-state index in [4.69, 9.17) is 24.7 Å². The van der Waals surface area contributed by atoms with E-state index >= 15 is 9.59 Å². The first-order chi connectivity index (χ1) is 40.8. The number of nitrogens with zero attached hydrogens (tertiary/aromatic N) is 1. The van der Waals surface area contributed by atoms with Crippen LogP contribution in [0.2, 0.25) is 0 Å². The molecule has 24 nitrogen and oxygen atoms in total. The van der Waals surface area contributed by atoms with E-state index in [0.29, 0.717) is 48.4 Å². The van der Waals surface area contributed by atoms with E-state index < -0.39 is 150 Å². The highest BCUT2D eigenvalue weighted by Crippen LogP contribution is 2.27. The Morgan fingerprint density at radius 2 is 1.19 bits per heavy atom. The van der Waals surface area contributed by atoms with Crippen LogP contribution < -0.4 is 57.7 Å². The molecule has 26 heteroatoms. The maximum Gasteiger partial charge on any atom is 0.308 e. The molecule has 494 valence electrons. The van der Waals surface area contributed by atoms with Crippen LogP contribution in [0, 0.1) is 5.92 Å². The van der Waals surface area contributed by atoms with Gasteiger partial charge >= 0.3 is 5.97 Å². The third-order valence-corrected chi connectivity index (χ3v) is 15.9. The van der Waals surface area contributed by atoms with Crippen LogP contribution in [-0.2, 0) is 60.7 Å². The van der Waals surface area contributed by atoms with Crippen molar-refractivity contribution in [3.63, 3.8) is 0 Å². The standard InChI is InChI=1S/C62H100N10O14S2/c1-35(2)28-41(63)58(82)72-27-17-18-47(72)56(80)69-46-34-88-87-33-45(51(75)64-16)70-57(81)50(36(3)83-59(4,5)6)71-48(73)32-65-52(76)42(29-37-19-23-39(24-20-37)84-60(7,8)9)66-53(77)43(30-38-21-25-40(26-22-38)85-61(10,11)12)67-54(78)44(68-55(46)79)31-49(74)86-62(13,14)15/h19-26,35-36,41-48,50,58,71,73,82H,17-18,27-34,63H2,1-16H3,(H,64,75)(H,65,76)(H,66,77)(H,67,78)(H,68,79)(H,69,80)(H,70,81)/t36?,41-,42-,43-,44-,45-,46-,47-,48+,50-,58+/m0/s1. The number of aliphatic hydroxyl groups is 2. The number of amides is 7. The molecule has 2 aliphatic heterocycles. The zero-order valence-corrected chi connectivity index (χ0v) is 55.9. The molecule has 0 aliphatic carbocycles. The van der Waals surface area contributed by atoms with Crippen molar-refractivity contribution in [2.75, 3.05) is 31.6 Å². The second-order valence-corrected chi connectivity index (χ2v) is 29.4. The monoisotopic (exact) mass is 1270 g/mol. The summed E-state index contributed by atoms with van der Waals surface area (Å²) in [5.41, 5.74) is 4.63. The largest absolute Gasteiger partial charge is 0.488 e. The molecule has 88 heavy (non-hydrogen) atoms. The molecule has 2 aliphatic rings. The number of β-amino-alcohol motifs (C(OH)–C–C–N with tert-alkyl or cyclic N) is 1. The molecule has 2 heterocycles. The van der Waals surface area contributed by atoms with E-state index in [9.17, 15) is 39.0 Å². The van der Waals surface area contributed by atoms with Crippen molar-refractivity contribution >= 4 is 68.9 Å². The number of nitrogens with one attached hydrogen (secondary N) is 8. The summed E-state index contributed by atoms with van der Waals surface area (Å²) < 4.78 is 23.9. The van der Waals surface area contributed by atoms with Crippen LogP contribution >= 0.6 is 21.6 Å². The van der Waals surface area contributed by atoms with E-state index in [1.807, 2.05) is 55.4 Å². The number of aliphatic hydroxyl groups excluding tert-OH is 2. The molecule has 0 radical (unpaired) electrons. The van der Waals surface area contributed by atoms with Gasteiger partial charge < -0.3 is 72.1 Å². The number of carbonyl (C=O) groups excluding carboxylic acids is 8. The molecule has 0 bridgehead atoms. The fourth-order valence-corrected chi connectivity index (χ4v) is 12.1. The normalized spacial score (nSPS) is 24.3. The van der Waals surface area contributed by atoms with Crippen molar-refractivity contribution in [1.82, 2.24) is 47.4 Å². The molecule has 0 aromatic heterocycles. The third kappa shape index (κ3) is 26.4. The Balaban J connectivity index is 1.90. The molecule has 11 atom stereocenters. The second kappa shape index (κ2) is 33.4. The van der Waals surface area contributed by atoms with Crippen molar-refractivity contribution in [3.8, 4) is 11.5 Å². The Kier molecular flexibility index (Phi) is 28.3. The van der Waals surface area contributed by atoms with Crippen molar-refractivity contribution < 1.29 is 67.5 Å². The summed E-state index contributed by atoms with van der Waals surface area (Å²) in [6.45, 7) is 26.9. The predicted octanol–water partition coefficient (Wildman–Crippen LogP) is 2.88. The maximum atomic E-state index is 15.1. The fourth-order valence-electron chi connectivity index (χ4n) is 9.80. The van der Waals surface area contributed by atoms with Gasteiger partial charge in [0.05, 0.1) is 30.7 Å². The Hall–Kier alpha value is -5.74. The molecule has 0 spiro atoms. The number of nitrogens with two attached hydrogens (primary N) is 1. The Bertz CT molecular complexity index is 2640. The van der Waals surface area contributed by atoms with Gasteiger partial charge in [0.2, 0.25) is 41.4 Å². The first kappa shape index (κ1) is 74.7. The van der Waals surface area contributed by atoms with Crippen molar-refractivity contribution in [3.05, 3.63) is 59.7 Å². The summed E-state index contributed by atoms with van der Waals surface area (Å²) in [7, 11) is 3.51. The summed E-state index contributed by atoms with van der Waals surface area (Å²) >= 11 is 0. The molecule has 4 rings (SSSR count). The van der Waals surface area contributed by atoms with E-state index in [1.54, 1.807) is 102 Å². The van der Waals surface area contributed by atoms with Crippen LogP contribution in [0.15, 0.2) is 48.5 Å². The van der Waals surface area contributed by atoms with Gasteiger partial charge in [0.15, 0.2) is 0 Å². The van der Waals surface area contributed by atoms with Gasteiger partial charge in [0.25, 0.3) is 0 Å². The van der Waals surface area contributed by atoms with Gasteiger partial charge in [0.1, 0.15) is 77.0 Å². The van der Waals surface area contributed by atoms with Gasteiger partial charge in [-0.05, 0) is 151 Å².